The lowest BCUT2D eigenvalue weighted by Gasteiger charge is -2.30. The largest absolute Gasteiger partial charge is 0.409 e. The third-order valence-corrected chi connectivity index (χ3v) is 1.81. The van der Waals surface area contributed by atoms with E-state index in [-0.39, 0.29) is 0 Å². The van der Waals surface area contributed by atoms with Crippen LogP contribution in [0, 0.1) is 0 Å². The summed E-state index contributed by atoms with van der Waals surface area (Å²) in [5.74, 6) is -2.72. The second kappa shape index (κ2) is 7.11. The summed E-state index contributed by atoms with van der Waals surface area (Å²) in [6.45, 7) is 5.69. The molecule has 0 radical (unpaired) electrons. The first-order valence-electron chi connectivity index (χ1n) is 5.06. The average molecular weight is 260 g/mol. The van der Waals surface area contributed by atoms with Crippen LogP contribution in [0.15, 0.2) is 4.99 Å². The fourth-order valence-corrected chi connectivity index (χ4v) is 1.35. The van der Waals surface area contributed by atoms with Gasteiger partial charge in [-0.05, 0) is 18.6 Å². The molecule has 0 bridgehead atoms. The second-order valence-electron chi connectivity index (χ2n) is 3.42. The maximum absolute atomic E-state index is 10.9. The molecule has 17 heavy (non-hydrogen) atoms. The lowest BCUT2D eigenvalue weighted by atomic mass is 10.3. The van der Waals surface area contributed by atoms with Gasteiger partial charge in [-0.1, -0.05) is 6.92 Å². The summed E-state index contributed by atoms with van der Waals surface area (Å²) in [5, 5.41) is 4.97. The van der Waals surface area contributed by atoms with E-state index in [1.807, 2.05) is 6.92 Å². The first-order chi connectivity index (χ1) is 7.83. The number of thiocarbonyl (C=S) groups is 1. The number of isothiocyanates is 1. The highest BCUT2D eigenvalue weighted by Gasteiger charge is 2.33. The number of nitrogens with one attached hydrogen (secondary N) is 1. The van der Waals surface area contributed by atoms with Gasteiger partial charge < -0.3 is 9.47 Å². The van der Waals surface area contributed by atoms with Crippen LogP contribution in [0.5, 0.6) is 0 Å². The van der Waals surface area contributed by atoms with Gasteiger partial charge >= 0.3 is 17.8 Å². The average Bonchev–Trinajstić information content (AvgIpc) is 2.13. The Hall–Kier alpha value is -1.30. The first-order valence-corrected chi connectivity index (χ1v) is 5.47. The van der Waals surface area contributed by atoms with E-state index in [0.29, 0.717) is 6.42 Å². The highest BCUT2D eigenvalue weighted by Crippen LogP contribution is 2.12. The quantitative estimate of drug-likeness (QED) is 0.335. The van der Waals surface area contributed by atoms with Gasteiger partial charge in [-0.3, -0.25) is 9.59 Å². The Morgan fingerprint density at radius 3 is 2.18 bits per heavy atom. The van der Waals surface area contributed by atoms with Gasteiger partial charge in [0.25, 0.3) is 0 Å². The number of carbonyl (C=O) groups excluding carboxylic acids is 2. The van der Waals surface area contributed by atoms with Crippen LogP contribution in [-0.2, 0) is 19.1 Å². The van der Waals surface area contributed by atoms with Crippen LogP contribution in [0.3, 0.4) is 0 Å². The van der Waals surface area contributed by atoms with Gasteiger partial charge in [-0.2, -0.15) is 0 Å². The minimum absolute atomic E-state index is 0.448. The van der Waals surface area contributed by atoms with Crippen LogP contribution in [0.1, 0.15) is 34.1 Å². The maximum atomic E-state index is 10.9. The molecule has 0 aliphatic carbocycles. The molecule has 0 aromatic carbocycles. The van der Waals surface area contributed by atoms with E-state index in [4.69, 9.17) is 9.47 Å². The molecule has 0 fully saturated rings. The Bertz CT molecular complexity index is 323. The zero-order valence-electron chi connectivity index (χ0n) is 10.3. The summed E-state index contributed by atoms with van der Waals surface area (Å²) in [5.41, 5.74) is 0. The molecular weight excluding hydrogens is 244 g/mol. The molecule has 0 saturated heterocycles. The predicted molar refractivity (Wildman–Crippen MR) is 64.2 cm³/mol. The molecule has 1 atom stereocenters. The van der Waals surface area contributed by atoms with Crippen molar-refractivity contribution in [1.82, 2.24) is 5.32 Å². The van der Waals surface area contributed by atoms with Gasteiger partial charge in [0.2, 0.25) is 0 Å². The van der Waals surface area contributed by atoms with Crippen LogP contribution in [-0.4, -0.2) is 29.2 Å². The summed E-state index contributed by atoms with van der Waals surface area (Å²) in [6, 6.07) is 0. The number of ether oxygens (including phenoxy) is 2. The maximum Gasteiger partial charge on any atom is 0.316 e. The van der Waals surface area contributed by atoms with Gasteiger partial charge in [0.15, 0.2) is 0 Å². The van der Waals surface area contributed by atoms with Crippen LogP contribution in [0.4, 0.5) is 0 Å². The Kier molecular flexibility index (Phi) is 6.57. The number of esters is 2. The molecule has 0 spiro atoms. The molecule has 0 rings (SSSR count). The highest BCUT2D eigenvalue weighted by molar-refractivity contribution is 7.78. The van der Waals surface area contributed by atoms with Crippen molar-refractivity contribution in [3.8, 4) is 0 Å². The number of hydrogen-bond acceptors (Lipinski definition) is 7. The molecule has 1 unspecified atom stereocenters. The van der Waals surface area contributed by atoms with Crippen molar-refractivity contribution in [1.29, 1.82) is 0 Å². The van der Waals surface area contributed by atoms with Crippen molar-refractivity contribution < 1.29 is 19.1 Å². The van der Waals surface area contributed by atoms with Gasteiger partial charge in [-0.15, -0.1) is 0 Å². The zero-order valence-corrected chi connectivity index (χ0v) is 11.1. The van der Waals surface area contributed by atoms with Crippen LogP contribution in [0.2, 0.25) is 0 Å². The third kappa shape index (κ3) is 6.78. The van der Waals surface area contributed by atoms with E-state index in [1.54, 1.807) is 0 Å². The molecule has 0 aliphatic heterocycles. The normalized spacial score (nSPS) is 12.2. The molecule has 96 valence electrons. The Morgan fingerprint density at radius 1 is 1.41 bits per heavy atom. The minimum atomic E-state index is -1.56. The fourth-order valence-electron chi connectivity index (χ4n) is 1.22. The van der Waals surface area contributed by atoms with Crippen molar-refractivity contribution in [2.75, 3.05) is 0 Å². The van der Waals surface area contributed by atoms with E-state index in [9.17, 15) is 9.59 Å². The van der Waals surface area contributed by atoms with Crippen molar-refractivity contribution in [3.05, 3.63) is 0 Å². The molecule has 0 heterocycles. The van der Waals surface area contributed by atoms with Crippen LogP contribution in [0.25, 0.3) is 0 Å². The first kappa shape index (κ1) is 15.7. The molecule has 0 amide bonds. The number of nitrogens with zero attached hydrogens (tertiary/aromatic N) is 1. The van der Waals surface area contributed by atoms with Crippen molar-refractivity contribution >= 4 is 29.3 Å². The Labute approximate surface area is 105 Å². The molecule has 0 aliphatic rings. The number of aliphatic imine (C=N–C) groups is 1. The van der Waals surface area contributed by atoms with E-state index in [0.717, 1.165) is 0 Å². The Balaban J connectivity index is 4.83. The van der Waals surface area contributed by atoms with E-state index < -0.39 is 24.0 Å². The fraction of sp³-hybridized carbons (Fsp3) is 0.700. The lowest BCUT2D eigenvalue weighted by molar-refractivity contribution is -0.233. The number of rotatable bonds is 6. The van der Waals surface area contributed by atoms with Gasteiger partial charge in [-0.25, -0.2) is 10.3 Å². The second-order valence-corrected chi connectivity index (χ2v) is 3.60. The van der Waals surface area contributed by atoms with E-state index >= 15 is 0 Å². The molecule has 0 saturated carbocycles. The molecule has 1 N–H and O–H groups in total. The van der Waals surface area contributed by atoms with Crippen molar-refractivity contribution in [2.45, 2.75) is 46.2 Å². The number of carbonyl (C=O) groups is 2. The van der Waals surface area contributed by atoms with E-state index in [1.165, 1.54) is 20.8 Å². The topological polar surface area (TPSA) is 77.0 Å². The zero-order chi connectivity index (χ0) is 13.5. The summed E-state index contributed by atoms with van der Waals surface area (Å²) in [7, 11) is 0. The van der Waals surface area contributed by atoms with E-state index in [2.05, 4.69) is 27.7 Å². The summed E-state index contributed by atoms with van der Waals surface area (Å²) in [6.07, 6.45) is 0.123. The van der Waals surface area contributed by atoms with Crippen molar-refractivity contribution in [2.24, 2.45) is 4.99 Å². The smallest absolute Gasteiger partial charge is 0.316 e. The van der Waals surface area contributed by atoms with Crippen LogP contribution >= 0.6 is 12.2 Å². The molecular formula is C10H16N2O4S. The minimum Gasteiger partial charge on any atom is -0.409 e. The van der Waals surface area contributed by atoms with Gasteiger partial charge in [0.05, 0.1) is 5.16 Å². The highest BCUT2D eigenvalue weighted by atomic mass is 32.1. The molecule has 0 aromatic heterocycles. The summed E-state index contributed by atoms with van der Waals surface area (Å²) in [4.78, 5) is 25.7. The van der Waals surface area contributed by atoms with Gasteiger partial charge in [0, 0.05) is 20.8 Å². The predicted octanol–water partition coefficient (Wildman–Crippen LogP) is 1.21. The SMILES string of the molecule is CCC(N=C=S)NC(C)(OC(C)=O)OC(C)=O. The lowest BCUT2D eigenvalue weighted by Crippen LogP contribution is -2.53. The van der Waals surface area contributed by atoms with Crippen LogP contribution < -0.4 is 5.32 Å². The Morgan fingerprint density at radius 2 is 1.88 bits per heavy atom. The standard InChI is InChI=1S/C10H16N2O4S/c1-5-9(11-6-17)12-10(4,15-7(2)13)16-8(3)14/h9,12H,5H2,1-4H3. The number of hydrogen-bond donors (Lipinski definition) is 1. The molecule has 6 nitrogen and oxygen atoms in total. The monoisotopic (exact) mass is 260 g/mol. The summed E-state index contributed by atoms with van der Waals surface area (Å²) >= 11 is 4.49. The van der Waals surface area contributed by atoms with Gasteiger partial charge in [0.1, 0.15) is 6.17 Å². The summed E-state index contributed by atoms with van der Waals surface area (Å²) < 4.78 is 9.82. The molecule has 0 aromatic rings. The third-order valence-electron chi connectivity index (χ3n) is 1.70. The van der Waals surface area contributed by atoms with Crippen molar-refractivity contribution in [3.63, 3.8) is 0 Å². The molecule has 7 heteroatoms.